The fraction of sp³-hybridized carbons (Fsp3) is 0. The summed E-state index contributed by atoms with van der Waals surface area (Å²) in [5.74, 6) is 0.726. The molecule has 52 heavy (non-hydrogen) atoms. The molecule has 0 N–H and O–H groups in total. The van der Waals surface area contributed by atoms with E-state index in [0.717, 1.165) is 56.1 Å². The minimum atomic E-state index is 0.726. The van der Waals surface area contributed by atoms with Crippen LogP contribution in [0.25, 0.3) is 107 Å². The Bertz CT molecular complexity index is 3190. The van der Waals surface area contributed by atoms with Crippen LogP contribution in [-0.4, -0.2) is 15.0 Å². The zero-order valence-electron chi connectivity index (χ0n) is 27.7. The van der Waals surface area contributed by atoms with Gasteiger partial charge in [0.15, 0.2) is 5.82 Å². The molecule has 5 heteroatoms. The van der Waals surface area contributed by atoms with Gasteiger partial charge in [0.2, 0.25) is 0 Å². The molecule has 7 aromatic carbocycles. The Morgan fingerprint density at radius 1 is 0.365 bits per heavy atom. The molecule has 3 nitrogen and oxygen atoms in total. The molecule has 0 amide bonds. The highest BCUT2D eigenvalue weighted by molar-refractivity contribution is 7.27. The fourth-order valence-corrected chi connectivity index (χ4v) is 9.93. The van der Waals surface area contributed by atoms with Crippen LogP contribution in [0, 0.1) is 0 Å². The molecule has 11 aromatic rings. The van der Waals surface area contributed by atoms with Gasteiger partial charge in [-0.2, -0.15) is 0 Å². The second-order valence-corrected chi connectivity index (χ2v) is 15.3. The lowest BCUT2D eigenvalue weighted by molar-refractivity contribution is 1.19. The Balaban J connectivity index is 1.09. The summed E-state index contributed by atoms with van der Waals surface area (Å²) >= 11 is 3.62. The van der Waals surface area contributed by atoms with Gasteiger partial charge in [-0.3, -0.25) is 0 Å². The van der Waals surface area contributed by atoms with E-state index >= 15 is 0 Å². The Labute approximate surface area is 307 Å². The maximum absolute atomic E-state index is 5.33. The average molecular weight is 698 g/mol. The maximum Gasteiger partial charge on any atom is 0.161 e. The van der Waals surface area contributed by atoms with E-state index in [2.05, 4.69) is 164 Å². The Kier molecular flexibility index (Phi) is 6.59. The molecule has 4 heterocycles. The predicted molar refractivity (Wildman–Crippen MR) is 222 cm³/mol. The Morgan fingerprint density at radius 2 is 0.942 bits per heavy atom. The zero-order valence-corrected chi connectivity index (χ0v) is 29.4. The van der Waals surface area contributed by atoms with Gasteiger partial charge in [0.05, 0.1) is 27.3 Å². The molecule has 4 aromatic heterocycles. The van der Waals surface area contributed by atoms with Gasteiger partial charge in [0.1, 0.15) is 0 Å². The highest BCUT2D eigenvalue weighted by Gasteiger charge is 2.18. The second-order valence-electron chi connectivity index (χ2n) is 13.2. The third kappa shape index (κ3) is 4.67. The first kappa shape index (κ1) is 29.5. The van der Waals surface area contributed by atoms with E-state index in [9.17, 15) is 0 Å². The van der Waals surface area contributed by atoms with Gasteiger partial charge in [0.25, 0.3) is 0 Å². The minimum Gasteiger partial charge on any atom is -0.246 e. The molecule has 0 bridgehead atoms. The Hall–Kier alpha value is -6.27. The van der Waals surface area contributed by atoms with Gasteiger partial charge in [0, 0.05) is 63.3 Å². The van der Waals surface area contributed by atoms with Crippen molar-refractivity contribution < 1.29 is 0 Å². The summed E-state index contributed by atoms with van der Waals surface area (Å²) < 4.78 is 4.97. The lowest BCUT2D eigenvalue weighted by atomic mass is 10.00. The first-order chi connectivity index (χ1) is 25.7. The molecule has 0 saturated heterocycles. The van der Waals surface area contributed by atoms with Gasteiger partial charge in [-0.15, -0.1) is 22.7 Å². The van der Waals surface area contributed by atoms with Crippen molar-refractivity contribution in [2.24, 2.45) is 0 Å². The number of hydrogen-bond acceptors (Lipinski definition) is 5. The number of hydrogen-bond donors (Lipinski definition) is 0. The first-order valence-electron chi connectivity index (χ1n) is 17.3. The summed E-state index contributed by atoms with van der Waals surface area (Å²) in [6.45, 7) is 0. The van der Waals surface area contributed by atoms with Gasteiger partial charge < -0.3 is 0 Å². The van der Waals surface area contributed by atoms with Gasteiger partial charge >= 0.3 is 0 Å². The van der Waals surface area contributed by atoms with E-state index in [0.29, 0.717) is 0 Å². The number of fused-ring (bicyclic) bond motifs is 9. The van der Waals surface area contributed by atoms with Crippen molar-refractivity contribution in [1.29, 1.82) is 0 Å². The number of pyridine rings is 1. The summed E-state index contributed by atoms with van der Waals surface area (Å²) in [5.41, 5.74) is 8.07. The molecule has 0 aliphatic carbocycles. The van der Waals surface area contributed by atoms with Gasteiger partial charge in [-0.25, -0.2) is 15.0 Å². The normalized spacial score (nSPS) is 11.8. The number of thiophene rings is 2. The van der Waals surface area contributed by atoms with Crippen LogP contribution in [0.15, 0.2) is 164 Å². The molecule has 0 unspecified atom stereocenters. The predicted octanol–water partition coefficient (Wildman–Crippen LogP) is 13.6. The summed E-state index contributed by atoms with van der Waals surface area (Å²) in [6.07, 6.45) is 0. The first-order valence-corrected chi connectivity index (χ1v) is 19.0. The molecule has 0 aliphatic rings. The van der Waals surface area contributed by atoms with Crippen LogP contribution in [0.2, 0.25) is 0 Å². The highest BCUT2D eigenvalue weighted by atomic mass is 32.1. The fourth-order valence-electron chi connectivity index (χ4n) is 7.54. The molecule has 0 atom stereocenters. The van der Waals surface area contributed by atoms with E-state index < -0.39 is 0 Å². The van der Waals surface area contributed by atoms with Crippen LogP contribution < -0.4 is 0 Å². The maximum atomic E-state index is 5.33. The van der Waals surface area contributed by atoms with E-state index in [1.54, 1.807) is 11.3 Å². The van der Waals surface area contributed by atoms with E-state index in [4.69, 9.17) is 15.0 Å². The Morgan fingerprint density at radius 3 is 1.77 bits per heavy atom. The molecular weight excluding hydrogens is 671 g/mol. The van der Waals surface area contributed by atoms with Crippen molar-refractivity contribution >= 4 is 84.7 Å². The monoisotopic (exact) mass is 697 g/mol. The lowest BCUT2D eigenvalue weighted by Gasteiger charge is -2.12. The summed E-state index contributed by atoms with van der Waals surface area (Å²) in [5, 5.41) is 8.50. The summed E-state index contributed by atoms with van der Waals surface area (Å²) in [7, 11) is 0. The van der Waals surface area contributed by atoms with Gasteiger partial charge in [-0.1, -0.05) is 133 Å². The van der Waals surface area contributed by atoms with Crippen LogP contribution >= 0.6 is 22.7 Å². The van der Waals surface area contributed by atoms with E-state index in [1.807, 2.05) is 11.3 Å². The van der Waals surface area contributed by atoms with Crippen LogP contribution in [0.4, 0.5) is 0 Å². The summed E-state index contributed by atoms with van der Waals surface area (Å²) in [4.78, 5) is 15.9. The van der Waals surface area contributed by atoms with Crippen molar-refractivity contribution in [3.05, 3.63) is 164 Å². The number of benzene rings is 7. The number of nitrogens with zero attached hydrogens (tertiary/aromatic N) is 3. The van der Waals surface area contributed by atoms with Crippen molar-refractivity contribution in [2.75, 3.05) is 0 Å². The standard InChI is InChI=1S/C47H27N3S2/c1-2-11-31-26-32(25-20-28(31)10-1)40-27-39(48-47(49-40)38-17-9-16-35-33-12-5-7-18-41(33)51-45(35)38)29-21-23-30(24-22-29)43-34-13-3-4-14-36(34)46-44(50-43)37-15-6-8-19-42(37)52-46/h1-27H. The van der Waals surface area contributed by atoms with E-state index in [1.165, 1.54) is 51.1 Å². The van der Waals surface area contributed by atoms with Gasteiger partial charge in [-0.05, 0) is 41.1 Å². The van der Waals surface area contributed by atoms with Crippen LogP contribution in [0.1, 0.15) is 0 Å². The molecule has 11 rings (SSSR count). The van der Waals surface area contributed by atoms with Crippen molar-refractivity contribution in [1.82, 2.24) is 15.0 Å². The van der Waals surface area contributed by atoms with Crippen LogP contribution in [0.5, 0.6) is 0 Å². The summed E-state index contributed by atoms with van der Waals surface area (Å²) in [6, 6.07) is 58.2. The quantitative estimate of drug-likeness (QED) is 0.184. The third-order valence-corrected chi connectivity index (χ3v) is 12.5. The van der Waals surface area contributed by atoms with Crippen molar-refractivity contribution in [2.45, 2.75) is 0 Å². The van der Waals surface area contributed by atoms with Crippen LogP contribution in [0.3, 0.4) is 0 Å². The van der Waals surface area contributed by atoms with E-state index in [-0.39, 0.29) is 0 Å². The van der Waals surface area contributed by atoms with Crippen LogP contribution in [-0.2, 0) is 0 Å². The number of rotatable bonds is 4. The third-order valence-electron chi connectivity index (χ3n) is 10.1. The minimum absolute atomic E-state index is 0.726. The molecule has 0 spiro atoms. The SMILES string of the molecule is c1ccc2cc(-c3cc(-c4ccc(-c5nc6c7ccccc7sc6c6ccccc56)cc4)nc(-c4cccc5c4sc4ccccc45)n3)ccc2c1. The lowest BCUT2D eigenvalue weighted by Crippen LogP contribution is -1.96. The zero-order chi connectivity index (χ0) is 34.2. The average Bonchev–Trinajstić information content (AvgIpc) is 3.79. The molecule has 0 fully saturated rings. The topological polar surface area (TPSA) is 38.7 Å². The largest absolute Gasteiger partial charge is 0.246 e. The second kappa shape index (κ2) is 11.6. The highest BCUT2D eigenvalue weighted by Crippen LogP contribution is 2.42. The smallest absolute Gasteiger partial charge is 0.161 e. The van der Waals surface area contributed by atoms with Crippen molar-refractivity contribution in [3.8, 4) is 45.2 Å². The molecular formula is C47H27N3S2. The molecule has 0 aliphatic heterocycles. The molecule has 0 saturated carbocycles. The number of aromatic nitrogens is 3. The van der Waals surface area contributed by atoms with Crippen molar-refractivity contribution in [3.63, 3.8) is 0 Å². The molecule has 0 radical (unpaired) electrons. The molecule has 242 valence electrons.